The highest BCUT2D eigenvalue weighted by molar-refractivity contribution is 6.01. The first-order valence-corrected chi connectivity index (χ1v) is 13.6. The number of fused-ring (bicyclic) bond motifs is 2. The smallest absolute Gasteiger partial charge is 0.131 e. The standard InChI is InChI=1S/C32H29FN6/c33-27-10-4-3-8-24(27)23-9-5-11-28-25(23)13-30(37-28)32-26-14-29(36-19-31(26)38-39-32)22-12-21(17-35-18-22)16-34-15-20-6-1-2-7-20/h3-5,8-14,17-20,34,37H,1-2,6-7,15-16H2,(H,38,39). The maximum atomic E-state index is 14.6. The molecule has 3 N–H and O–H groups in total. The van der Waals surface area contributed by atoms with Crippen molar-refractivity contribution in [2.45, 2.75) is 32.2 Å². The topological polar surface area (TPSA) is 82.3 Å². The zero-order valence-corrected chi connectivity index (χ0v) is 21.5. The maximum Gasteiger partial charge on any atom is 0.131 e. The fourth-order valence-corrected chi connectivity index (χ4v) is 5.84. The number of aromatic amines is 2. The van der Waals surface area contributed by atoms with Crippen LogP contribution in [-0.4, -0.2) is 31.7 Å². The molecule has 7 rings (SSSR count). The Kier molecular flexibility index (Phi) is 6.13. The van der Waals surface area contributed by atoms with Crippen LogP contribution in [0.5, 0.6) is 0 Å². The molecular formula is C32H29FN6. The van der Waals surface area contributed by atoms with E-state index in [9.17, 15) is 4.39 Å². The number of benzene rings is 2. The molecule has 4 heterocycles. The van der Waals surface area contributed by atoms with Gasteiger partial charge in [-0.25, -0.2) is 4.39 Å². The number of H-pyrrole nitrogens is 2. The van der Waals surface area contributed by atoms with E-state index in [4.69, 9.17) is 4.98 Å². The lowest BCUT2D eigenvalue weighted by molar-refractivity contribution is 0.489. The number of hydrogen-bond donors (Lipinski definition) is 3. The van der Waals surface area contributed by atoms with Crippen LogP contribution in [0.2, 0.25) is 0 Å². The molecule has 0 saturated heterocycles. The second kappa shape index (κ2) is 10.1. The minimum absolute atomic E-state index is 0.238. The van der Waals surface area contributed by atoms with E-state index in [0.29, 0.717) is 5.56 Å². The monoisotopic (exact) mass is 516 g/mol. The first kappa shape index (κ1) is 23.7. The molecule has 0 spiro atoms. The van der Waals surface area contributed by atoms with E-state index >= 15 is 0 Å². The molecule has 0 atom stereocenters. The first-order valence-electron chi connectivity index (χ1n) is 13.6. The third kappa shape index (κ3) is 4.59. The Labute approximate surface area is 225 Å². The number of nitrogens with one attached hydrogen (secondary N) is 3. The number of nitrogens with zero attached hydrogens (tertiary/aromatic N) is 3. The third-order valence-corrected chi connectivity index (χ3v) is 7.86. The zero-order valence-electron chi connectivity index (χ0n) is 21.5. The summed E-state index contributed by atoms with van der Waals surface area (Å²) in [6.07, 6.45) is 11.0. The van der Waals surface area contributed by atoms with Crippen LogP contribution in [0.15, 0.2) is 79.3 Å². The average Bonchev–Trinajstić information content (AvgIpc) is 3.73. The van der Waals surface area contributed by atoms with Gasteiger partial charge in [0.2, 0.25) is 0 Å². The minimum atomic E-state index is -0.238. The molecule has 39 heavy (non-hydrogen) atoms. The lowest BCUT2D eigenvalue weighted by atomic mass is 10.0. The molecule has 4 aromatic heterocycles. The molecule has 6 aromatic rings. The minimum Gasteiger partial charge on any atom is -0.353 e. The normalized spacial score (nSPS) is 14.1. The number of halogens is 1. The quantitative estimate of drug-likeness (QED) is 0.209. The summed E-state index contributed by atoms with van der Waals surface area (Å²) in [6.45, 7) is 1.87. The van der Waals surface area contributed by atoms with Crippen LogP contribution in [0.4, 0.5) is 4.39 Å². The van der Waals surface area contributed by atoms with Crippen molar-refractivity contribution in [3.63, 3.8) is 0 Å². The highest BCUT2D eigenvalue weighted by Crippen LogP contribution is 2.35. The summed E-state index contributed by atoms with van der Waals surface area (Å²) in [4.78, 5) is 12.7. The SMILES string of the molecule is Fc1ccccc1-c1cccc2[nH]c(-c3n[nH]c4cnc(-c5cncc(CNCC6CCCC6)c5)cc34)cc12. The van der Waals surface area contributed by atoms with Gasteiger partial charge in [-0.3, -0.25) is 15.1 Å². The fourth-order valence-electron chi connectivity index (χ4n) is 5.84. The molecule has 0 aliphatic heterocycles. The van der Waals surface area contributed by atoms with Crippen molar-refractivity contribution >= 4 is 21.8 Å². The van der Waals surface area contributed by atoms with E-state index in [1.807, 2.05) is 55.0 Å². The summed E-state index contributed by atoms with van der Waals surface area (Å²) in [5, 5.41) is 13.2. The van der Waals surface area contributed by atoms with Crippen molar-refractivity contribution in [1.82, 2.24) is 30.5 Å². The molecule has 0 radical (unpaired) electrons. The van der Waals surface area contributed by atoms with Gasteiger partial charge in [-0.1, -0.05) is 43.2 Å². The lowest BCUT2D eigenvalue weighted by Crippen LogP contribution is -2.20. The molecule has 0 unspecified atom stereocenters. The predicted molar refractivity (Wildman–Crippen MR) is 153 cm³/mol. The molecule has 2 aromatic carbocycles. The van der Waals surface area contributed by atoms with E-state index < -0.39 is 0 Å². The summed E-state index contributed by atoms with van der Waals surface area (Å²) in [5.41, 5.74) is 7.84. The molecule has 1 aliphatic carbocycles. The van der Waals surface area contributed by atoms with E-state index in [-0.39, 0.29) is 5.82 Å². The van der Waals surface area contributed by atoms with Crippen molar-refractivity contribution < 1.29 is 4.39 Å². The third-order valence-electron chi connectivity index (χ3n) is 7.86. The highest BCUT2D eigenvalue weighted by Gasteiger charge is 2.17. The van der Waals surface area contributed by atoms with Crippen molar-refractivity contribution in [2.75, 3.05) is 6.54 Å². The number of hydrogen-bond acceptors (Lipinski definition) is 4. The molecule has 1 saturated carbocycles. The Balaban J connectivity index is 1.21. The van der Waals surface area contributed by atoms with Gasteiger partial charge >= 0.3 is 0 Å². The Bertz CT molecular complexity index is 1780. The molecule has 1 fully saturated rings. The second-order valence-electron chi connectivity index (χ2n) is 10.5. The van der Waals surface area contributed by atoms with E-state index in [1.165, 1.54) is 31.7 Å². The van der Waals surface area contributed by atoms with Gasteiger partial charge in [-0.2, -0.15) is 5.10 Å². The maximum absolute atomic E-state index is 14.6. The zero-order chi connectivity index (χ0) is 26.2. The van der Waals surface area contributed by atoms with E-state index in [1.54, 1.807) is 6.07 Å². The summed E-state index contributed by atoms with van der Waals surface area (Å²) < 4.78 is 14.6. The van der Waals surface area contributed by atoms with Gasteiger partial charge in [0.15, 0.2) is 0 Å². The van der Waals surface area contributed by atoms with E-state index in [2.05, 4.69) is 37.6 Å². The number of pyridine rings is 2. The lowest BCUT2D eigenvalue weighted by Gasteiger charge is -2.11. The van der Waals surface area contributed by atoms with Gasteiger partial charge in [0.1, 0.15) is 11.5 Å². The Hall–Kier alpha value is -4.36. The molecule has 1 aliphatic rings. The fraction of sp³-hybridized carbons (Fsp3) is 0.219. The summed E-state index contributed by atoms with van der Waals surface area (Å²) >= 11 is 0. The number of aromatic nitrogens is 5. The van der Waals surface area contributed by atoms with Crippen LogP contribution in [0, 0.1) is 11.7 Å². The van der Waals surface area contributed by atoms with Crippen LogP contribution in [0.1, 0.15) is 31.2 Å². The molecule has 6 nitrogen and oxygen atoms in total. The highest BCUT2D eigenvalue weighted by atomic mass is 19.1. The van der Waals surface area contributed by atoms with Gasteiger partial charge in [0, 0.05) is 46.4 Å². The van der Waals surface area contributed by atoms with Gasteiger partial charge in [0.25, 0.3) is 0 Å². The Morgan fingerprint density at radius 2 is 1.74 bits per heavy atom. The number of rotatable bonds is 7. The summed E-state index contributed by atoms with van der Waals surface area (Å²) in [5.74, 6) is 0.565. The molecular weight excluding hydrogens is 487 g/mol. The largest absolute Gasteiger partial charge is 0.353 e. The summed E-state index contributed by atoms with van der Waals surface area (Å²) in [6, 6.07) is 19.0. The van der Waals surface area contributed by atoms with Gasteiger partial charge < -0.3 is 10.3 Å². The van der Waals surface area contributed by atoms with Crippen molar-refractivity contribution in [2.24, 2.45) is 5.92 Å². The molecule has 0 amide bonds. The summed E-state index contributed by atoms with van der Waals surface area (Å²) in [7, 11) is 0. The van der Waals surface area contributed by atoms with Crippen LogP contribution >= 0.6 is 0 Å². The van der Waals surface area contributed by atoms with Crippen molar-refractivity contribution in [3.05, 3.63) is 90.6 Å². The van der Waals surface area contributed by atoms with E-state index in [0.717, 1.165) is 74.6 Å². The average molecular weight is 517 g/mol. The Morgan fingerprint density at radius 3 is 2.64 bits per heavy atom. The van der Waals surface area contributed by atoms with Crippen LogP contribution in [0.3, 0.4) is 0 Å². The molecule has 0 bridgehead atoms. The predicted octanol–water partition coefficient (Wildman–Crippen LogP) is 7.25. The second-order valence-corrected chi connectivity index (χ2v) is 10.5. The van der Waals surface area contributed by atoms with Crippen LogP contribution in [0.25, 0.3) is 55.6 Å². The van der Waals surface area contributed by atoms with Crippen LogP contribution < -0.4 is 5.32 Å². The van der Waals surface area contributed by atoms with Crippen molar-refractivity contribution in [3.8, 4) is 33.8 Å². The van der Waals surface area contributed by atoms with Crippen LogP contribution in [-0.2, 0) is 6.54 Å². The van der Waals surface area contributed by atoms with Gasteiger partial charge in [-0.05, 0) is 66.8 Å². The van der Waals surface area contributed by atoms with Gasteiger partial charge in [-0.15, -0.1) is 0 Å². The van der Waals surface area contributed by atoms with Crippen molar-refractivity contribution in [1.29, 1.82) is 0 Å². The molecule has 7 heteroatoms. The Morgan fingerprint density at radius 1 is 0.872 bits per heavy atom. The molecule has 194 valence electrons. The van der Waals surface area contributed by atoms with Gasteiger partial charge in [0.05, 0.1) is 23.1 Å². The first-order chi connectivity index (χ1) is 19.2.